The largest absolute Gasteiger partial charge is 0.353 e. The van der Waals surface area contributed by atoms with Crippen molar-refractivity contribution in [3.8, 4) is 0 Å². The van der Waals surface area contributed by atoms with Crippen LogP contribution in [0.3, 0.4) is 0 Å². The number of rotatable bonds is 6. The van der Waals surface area contributed by atoms with Crippen LogP contribution in [0.4, 0.5) is 10.2 Å². The van der Waals surface area contributed by atoms with Gasteiger partial charge >= 0.3 is 0 Å². The number of fused-ring (bicyclic) bond motifs is 1. The minimum Gasteiger partial charge on any atom is -0.353 e. The van der Waals surface area contributed by atoms with Crippen molar-refractivity contribution in [2.45, 2.75) is 49.1 Å². The molecule has 0 bridgehead atoms. The Balaban J connectivity index is 1.28. The molecule has 2 aliphatic heterocycles. The first-order valence-corrected chi connectivity index (χ1v) is 13.0. The maximum atomic E-state index is 14.0. The Morgan fingerprint density at radius 2 is 2.06 bits per heavy atom. The molecule has 1 saturated carbocycles. The van der Waals surface area contributed by atoms with Gasteiger partial charge in [-0.1, -0.05) is 17.7 Å². The lowest BCUT2D eigenvalue weighted by Crippen LogP contribution is -2.51. The van der Waals surface area contributed by atoms with E-state index >= 15 is 0 Å². The number of amides is 1. The van der Waals surface area contributed by atoms with Gasteiger partial charge in [0.25, 0.3) is 0 Å². The predicted molar refractivity (Wildman–Crippen MR) is 130 cm³/mol. The van der Waals surface area contributed by atoms with E-state index in [0.717, 1.165) is 48.8 Å². The molecule has 2 N–H and O–H groups in total. The fourth-order valence-electron chi connectivity index (χ4n) is 4.94. The summed E-state index contributed by atoms with van der Waals surface area (Å²) in [6, 6.07) is 4.79. The molecule has 176 valence electrons. The van der Waals surface area contributed by atoms with E-state index in [4.69, 9.17) is 17.3 Å². The molecule has 1 aliphatic carbocycles. The number of carbonyl (C=O) groups is 1. The number of aromatic nitrogens is 2. The van der Waals surface area contributed by atoms with E-state index in [-0.39, 0.29) is 22.4 Å². The number of piperazine rings is 1. The van der Waals surface area contributed by atoms with Crippen molar-refractivity contribution in [3.63, 3.8) is 0 Å². The molecule has 6 nitrogen and oxygen atoms in total. The van der Waals surface area contributed by atoms with Gasteiger partial charge in [-0.2, -0.15) is 0 Å². The van der Waals surface area contributed by atoms with Crippen molar-refractivity contribution in [1.82, 2.24) is 14.9 Å². The number of halogens is 2. The quantitative estimate of drug-likeness (QED) is 0.661. The van der Waals surface area contributed by atoms with Crippen LogP contribution in [-0.2, 0) is 17.0 Å². The number of benzene rings is 1. The fraction of sp³-hybridized carbons (Fsp3) is 0.542. The molecular weight excluding hydrogens is 461 g/mol. The van der Waals surface area contributed by atoms with Gasteiger partial charge in [-0.3, -0.25) is 4.79 Å². The summed E-state index contributed by atoms with van der Waals surface area (Å²) in [6.45, 7) is 4.96. The predicted octanol–water partition coefficient (Wildman–Crippen LogP) is 3.97. The number of thioether (sulfide) groups is 1. The topological polar surface area (TPSA) is 75.4 Å². The molecule has 1 unspecified atom stereocenters. The van der Waals surface area contributed by atoms with Crippen molar-refractivity contribution in [1.29, 1.82) is 0 Å². The Labute approximate surface area is 203 Å². The molecule has 1 amide bonds. The Morgan fingerprint density at radius 1 is 1.30 bits per heavy atom. The average molecular weight is 490 g/mol. The van der Waals surface area contributed by atoms with Gasteiger partial charge in [-0.05, 0) is 50.3 Å². The van der Waals surface area contributed by atoms with Gasteiger partial charge in [0.2, 0.25) is 5.91 Å². The normalized spacial score (nSPS) is 22.2. The zero-order chi connectivity index (χ0) is 23.2. The van der Waals surface area contributed by atoms with E-state index in [1.165, 1.54) is 11.6 Å². The SMILES string of the molecule is C[C@@H]1SCc2ncnc(N3CCN(C(=O)C(Cc4ccc(Cl)c(F)c4)CC4(N)CC4)CC3)c21. The van der Waals surface area contributed by atoms with Crippen LogP contribution in [0.15, 0.2) is 24.5 Å². The summed E-state index contributed by atoms with van der Waals surface area (Å²) in [5, 5.41) is 0.485. The number of hydrogen-bond acceptors (Lipinski definition) is 6. The monoisotopic (exact) mass is 489 g/mol. The molecule has 9 heteroatoms. The number of hydrogen-bond donors (Lipinski definition) is 1. The molecule has 1 saturated heterocycles. The summed E-state index contributed by atoms with van der Waals surface area (Å²) in [7, 11) is 0. The first-order chi connectivity index (χ1) is 15.8. The Kier molecular flexibility index (Phi) is 6.27. The number of nitrogens with two attached hydrogens (primary N) is 1. The minimum atomic E-state index is -0.451. The van der Waals surface area contributed by atoms with Gasteiger partial charge in [-0.15, -0.1) is 11.8 Å². The van der Waals surface area contributed by atoms with Crippen molar-refractivity contribution < 1.29 is 9.18 Å². The third-order valence-electron chi connectivity index (χ3n) is 7.07. The minimum absolute atomic E-state index is 0.0964. The second-order valence-electron chi connectivity index (χ2n) is 9.54. The summed E-state index contributed by atoms with van der Waals surface area (Å²) < 4.78 is 14.0. The Hall–Kier alpha value is -1.90. The highest BCUT2D eigenvalue weighted by atomic mass is 35.5. The van der Waals surface area contributed by atoms with Crippen LogP contribution >= 0.6 is 23.4 Å². The zero-order valence-corrected chi connectivity index (χ0v) is 20.3. The highest BCUT2D eigenvalue weighted by Crippen LogP contribution is 2.44. The van der Waals surface area contributed by atoms with Crippen molar-refractivity contribution in [3.05, 3.63) is 52.2 Å². The first-order valence-electron chi connectivity index (χ1n) is 11.5. The van der Waals surface area contributed by atoms with E-state index in [1.54, 1.807) is 18.5 Å². The molecule has 3 heterocycles. The maximum absolute atomic E-state index is 14.0. The lowest BCUT2D eigenvalue weighted by Gasteiger charge is -2.38. The fourth-order valence-corrected chi connectivity index (χ4v) is 6.11. The summed E-state index contributed by atoms with van der Waals surface area (Å²) in [4.78, 5) is 26.8. The van der Waals surface area contributed by atoms with Gasteiger partial charge in [0.1, 0.15) is 18.0 Å². The Morgan fingerprint density at radius 3 is 2.76 bits per heavy atom. The molecule has 2 fully saturated rings. The van der Waals surface area contributed by atoms with Crippen LogP contribution in [0.2, 0.25) is 5.02 Å². The molecule has 0 spiro atoms. The van der Waals surface area contributed by atoms with Crippen LogP contribution in [0, 0.1) is 11.7 Å². The molecule has 0 radical (unpaired) electrons. The zero-order valence-electron chi connectivity index (χ0n) is 18.8. The van der Waals surface area contributed by atoms with Gasteiger partial charge in [-0.25, -0.2) is 14.4 Å². The first kappa shape index (κ1) is 22.9. The molecule has 1 aromatic carbocycles. The molecule has 2 aromatic rings. The Bertz CT molecular complexity index is 1060. The lowest BCUT2D eigenvalue weighted by atomic mass is 9.90. The third kappa shape index (κ3) is 4.84. The van der Waals surface area contributed by atoms with Gasteiger partial charge in [0.05, 0.1) is 10.7 Å². The molecule has 5 rings (SSSR count). The van der Waals surface area contributed by atoms with E-state index in [0.29, 0.717) is 31.2 Å². The highest BCUT2D eigenvalue weighted by Gasteiger charge is 2.43. The summed E-state index contributed by atoms with van der Waals surface area (Å²) in [5.74, 6) is 1.34. The highest BCUT2D eigenvalue weighted by molar-refractivity contribution is 7.99. The van der Waals surface area contributed by atoms with Crippen LogP contribution in [0.5, 0.6) is 0 Å². The smallest absolute Gasteiger partial charge is 0.226 e. The van der Waals surface area contributed by atoms with Crippen molar-refractivity contribution in [2.24, 2.45) is 11.7 Å². The third-order valence-corrected chi connectivity index (χ3v) is 8.56. The second-order valence-corrected chi connectivity index (χ2v) is 11.3. The van der Waals surface area contributed by atoms with Crippen LogP contribution in [0.1, 0.15) is 48.3 Å². The van der Waals surface area contributed by atoms with Crippen molar-refractivity contribution in [2.75, 3.05) is 31.1 Å². The molecule has 2 atom stereocenters. The molecule has 3 aliphatic rings. The standard InChI is InChI=1S/C24H29ClFN5OS/c1-15-21-20(13-33-15)28-14-29-22(21)30-6-8-31(9-7-30)23(32)17(12-24(27)4-5-24)10-16-2-3-18(25)19(26)11-16/h2-3,11,14-15,17H,4-10,12-13,27H2,1H3/t15-,17?/m0/s1. The molecule has 33 heavy (non-hydrogen) atoms. The van der Waals surface area contributed by atoms with Gasteiger partial charge < -0.3 is 15.5 Å². The number of nitrogens with zero attached hydrogens (tertiary/aromatic N) is 4. The van der Waals surface area contributed by atoms with E-state index in [9.17, 15) is 9.18 Å². The second kappa shape index (κ2) is 9.04. The maximum Gasteiger partial charge on any atom is 0.226 e. The summed E-state index contributed by atoms with van der Waals surface area (Å²) in [5.41, 5.74) is 9.28. The summed E-state index contributed by atoms with van der Waals surface area (Å²) >= 11 is 7.73. The number of anilines is 1. The number of carbonyl (C=O) groups excluding carboxylic acids is 1. The van der Waals surface area contributed by atoms with E-state index < -0.39 is 5.82 Å². The van der Waals surface area contributed by atoms with E-state index in [2.05, 4.69) is 21.8 Å². The molecule has 1 aromatic heterocycles. The lowest BCUT2D eigenvalue weighted by molar-refractivity contribution is -0.136. The van der Waals surface area contributed by atoms with Gasteiger partial charge in [0.15, 0.2) is 0 Å². The van der Waals surface area contributed by atoms with Crippen molar-refractivity contribution >= 4 is 35.1 Å². The molecular formula is C24H29ClFN5OS. The van der Waals surface area contributed by atoms with Gasteiger partial charge in [0, 0.05) is 54.2 Å². The van der Waals surface area contributed by atoms with Crippen LogP contribution < -0.4 is 10.6 Å². The van der Waals surface area contributed by atoms with Crippen LogP contribution in [0.25, 0.3) is 0 Å². The van der Waals surface area contributed by atoms with E-state index in [1.807, 2.05) is 16.7 Å². The summed E-state index contributed by atoms with van der Waals surface area (Å²) in [6.07, 6.45) is 4.63. The average Bonchev–Trinajstić information content (AvgIpc) is 3.42. The van der Waals surface area contributed by atoms with Crippen LogP contribution in [-0.4, -0.2) is 52.5 Å².